The number of ether oxygens (including phenoxy) is 1. The Balaban J connectivity index is 0.000000180. The summed E-state index contributed by atoms with van der Waals surface area (Å²) in [5, 5.41) is 0. The highest BCUT2D eigenvalue weighted by atomic mass is 16.5. The van der Waals surface area contributed by atoms with Gasteiger partial charge in [-0.3, -0.25) is 0 Å². The Labute approximate surface area is 63.1 Å². The fourth-order valence-electron chi connectivity index (χ4n) is 0.687. The van der Waals surface area contributed by atoms with E-state index in [1.165, 1.54) is 25.5 Å². The van der Waals surface area contributed by atoms with Crippen LogP contribution in [0.2, 0.25) is 0 Å². The molecule has 1 aliphatic heterocycles. The zero-order valence-electron chi connectivity index (χ0n) is 6.68. The zero-order chi connectivity index (χ0) is 7.66. The highest BCUT2D eigenvalue weighted by Gasteiger charge is 1.94. The molecule has 0 unspecified atom stereocenters. The third-order valence-electron chi connectivity index (χ3n) is 1.27. The first-order chi connectivity index (χ1) is 4.91. The Morgan fingerprint density at radius 2 is 1.70 bits per heavy atom. The molecule has 0 aromatic carbocycles. The molecule has 1 rings (SSSR count). The molecule has 2 heteroatoms. The van der Waals surface area contributed by atoms with Gasteiger partial charge >= 0.3 is 0 Å². The van der Waals surface area contributed by atoms with E-state index in [1.807, 2.05) is 6.92 Å². The molecule has 0 bridgehead atoms. The third-order valence-corrected chi connectivity index (χ3v) is 1.27. The first kappa shape index (κ1) is 9.50. The highest BCUT2D eigenvalue weighted by molar-refractivity contribution is 4.66. The Hall–Kier alpha value is -0.500. The maximum Gasteiger partial charge on any atom is 0.0466 e. The van der Waals surface area contributed by atoms with Gasteiger partial charge < -0.3 is 10.5 Å². The normalized spacial score (nSPS) is 18.1. The van der Waals surface area contributed by atoms with Crippen LogP contribution in [-0.4, -0.2) is 13.2 Å². The van der Waals surface area contributed by atoms with Crippen molar-refractivity contribution in [3.63, 3.8) is 0 Å². The summed E-state index contributed by atoms with van der Waals surface area (Å²) in [7, 11) is 0. The van der Waals surface area contributed by atoms with Crippen LogP contribution in [0.5, 0.6) is 0 Å². The van der Waals surface area contributed by atoms with Crippen molar-refractivity contribution < 1.29 is 4.74 Å². The molecule has 0 aromatic rings. The molecule has 0 aromatic heterocycles. The second kappa shape index (κ2) is 8.50. The van der Waals surface area contributed by atoms with Gasteiger partial charge in [0, 0.05) is 13.2 Å². The quantitative estimate of drug-likeness (QED) is 0.559. The van der Waals surface area contributed by atoms with Crippen LogP contribution < -0.4 is 5.73 Å². The van der Waals surface area contributed by atoms with E-state index in [-0.39, 0.29) is 0 Å². The Kier molecular flexibility index (Phi) is 8.07. The van der Waals surface area contributed by atoms with Gasteiger partial charge in [-0.25, -0.2) is 0 Å². The number of hydrogen-bond acceptors (Lipinski definition) is 2. The molecule has 1 heterocycles. The van der Waals surface area contributed by atoms with Crippen molar-refractivity contribution in [1.29, 1.82) is 0 Å². The lowest BCUT2D eigenvalue weighted by Gasteiger charge is -2.08. The molecule has 2 nitrogen and oxygen atoms in total. The Morgan fingerprint density at radius 1 is 1.20 bits per heavy atom. The molecule has 60 valence electrons. The number of allylic oxidation sites excluding steroid dienone is 1. The first-order valence-electron chi connectivity index (χ1n) is 3.82. The summed E-state index contributed by atoms with van der Waals surface area (Å²) in [6.45, 7) is 3.88. The summed E-state index contributed by atoms with van der Waals surface area (Å²) in [5.74, 6) is 0. The van der Waals surface area contributed by atoms with Crippen molar-refractivity contribution in [3.05, 3.63) is 12.3 Å². The average Bonchev–Trinajstić information content (AvgIpc) is 2.08. The molecule has 2 N–H and O–H groups in total. The largest absolute Gasteiger partial charge is 0.405 e. The molecular weight excluding hydrogens is 126 g/mol. The van der Waals surface area contributed by atoms with Crippen LogP contribution in [0.1, 0.15) is 26.2 Å². The summed E-state index contributed by atoms with van der Waals surface area (Å²) < 4.78 is 5.07. The summed E-state index contributed by atoms with van der Waals surface area (Å²) in [6.07, 6.45) is 7.21. The van der Waals surface area contributed by atoms with Gasteiger partial charge in [0.2, 0.25) is 0 Å². The van der Waals surface area contributed by atoms with Crippen LogP contribution in [-0.2, 0) is 4.74 Å². The summed E-state index contributed by atoms with van der Waals surface area (Å²) in [4.78, 5) is 0. The van der Waals surface area contributed by atoms with E-state index in [9.17, 15) is 0 Å². The number of hydrogen-bond donors (Lipinski definition) is 1. The van der Waals surface area contributed by atoms with Crippen molar-refractivity contribution in [2.45, 2.75) is 26.2 Å². The monoisotopic (exact) mass is 143 g/mol. The van der Waals surface area contributed by atoms with E-state index in [4.69, 9.17) is 10.5 Å². The zero-order valence-corrected chi connectivity index (χ0v) is 6.68. The van der Waals surface area contributed by atoms with Crippen LogP contribution in [0, 0.1) is 0 Å². The lowest BCUT2D eigenvalue weighted by atomic mass is 10.2. The maximum absolute atomic E-state index is 5.07. The molecule has 1 saturated heterocycles. The number of nitrogens with two attached hydrogens (primary N) is 1. The van der Waals surface area contributed by atoms with Crippen molar-refractivity contribution in [1.82, 2.24) is 0 Å². The van der Waals surface area contributed by atoms with E-state index in [0.29, 0.717) is 0 Å². The number of rotatable bonds is 0. The molecule has 0 atom stereocenters. The smallest absolute Gasteiger partial charge is 0.0466 e. The minimum atomic E-state index is 1.00. The van der Waals surface area contributed by atoms with E-state index >= 15 is 0 Å². The molecule has 10 heavy (non-hydrogen) atoms. The van der Waals surface area contributed by atoms with Crippen molar-refractivity contribution >= 4 is 0 Å². The van der Waals surface area contributed by atoms with E-state index in [2.05, 4.69) is 0 Å². The second-order valence-electron chi connectivity index (χ2n) is 2.20. The fourth-order valence-corrected chi connectivity index (χ4v) is 0.687. The lowest BCUT2D eigenvalue weighted by Crippen LogP contribution is -2.03. The minimum absolute atomic E-state index is 1.00. The Morgan fingerprint density at radius 3 is 1.80 bits per heavy atom. The molecule has 1 aliphatic rings. The van der Waals surface area contributed by atoms with Crippen molar-refractivity contribution in [3.8, 4) is 0 Å². The fraction of sp³-hybridized carbons (Fsp3) is 0.750. The molecule has 0 radical (unpaired) electrons. The van der Waals surface area contributed by atoms with Crippen LogP contribution in [0.15, 0.2) is 12.3 Å². The average molecular weight is 143 g/mol. The third kappa shape index (κ3) is 7.50. The maximum atomic E-state index is 5.07. The molecule has 0 saturated carbocycles. The first-order valence-corrected chi connectivity index (χ1v) is 3.82. The van der Waals surface area contributed by atoms with Crippen LogP contribution in [0.3, 0.4) is 0 Å². The van der Waals surface area contributed by atoms with Crippen LogP contribution >= 0.6 is 0 Å². The second-order valence-corrected chi connectivity index (χ2v) is 2.20. The lowest BCUT2D eigenvalue weighted by molar-refractivity contribution is 0.0968. The van der Waals surface area contributed by atoms with Crippen molar-refractivity contribution in [2.24, 2.45) is 5.73 Å². The van der Waals surface area contributed by atoms with Gasteiger partial charge in [-0.2, -0.15) is 0 Å². The SMILES string of the molecule is C1CCOCC1.CC=CN. The van der Waals surface area contributed by atoms with E-state index in [1.54, 1.807) is 6.08 Å². The summed E-state index contributed by atoms with van der Waals surface area (Å²) in [6, 6.07) is 0. The summed E-state index contributed by atoms with van der Waals surface area (Å²) in [5.41, 5.74) is 4.85. The predicted molar refractivity (Wildman–Crippen MR) is 43.7 cm³/mol. The van der Waals surface area contributed by atoms with Crippen LogP contribution in [0.4, 0.5) is 0 Å². The minimum Gasteiger partial charge on any atom is -0.405 e. The topological polar surface area (TPSA) is 35.2 Å². The van der Waals surface area contributed by atoms with E-state index in [0.717, 1.165) is 13.2 Å². The van der Waals surface area contributed by atoms with Gasteiger partial charge in [0.05, 0.1) is 0 Å². The highest BCUT2D eigenvalue weighted by Crippen LogP contribution is 2.02. The molecule has 1 fully saturated rings. The molecule has 0 spiro atoms. The molecule has 0 aliphatic carbocycles. The van der Waals surface area contributed by atoms with Gasteiger partial charge in [-0.1, -0.05) is 6.08 Å². The standard InChI is InChI=1S/C5H10O.C3H7N/c1-2-4-6-5-3-1;1-2-3-4/h1-5H2;2-3H,4H2,1H3. The molecular formula is C8H17NO. The van der Waals surface area contributed by atoms with E-state index < -0.39 is 0 Å². The van der Waals surface area contributed by atoms with Gasteiger partial charge in [0.1, 0.15) is 0 Å². The Bertz CT molecular complexity index is 61.8. The van der Waals surface area contributed by atoms with Crippen LogP contribution in [0.25, 0.3) is 0 Å². The summed E-state index contributed by atoms with van der Waals surface area (Å²) >= 11 is 0. The predicted octanol–water partition coefficient (Wildman–Crippen LogP) is 1.67. The van der Waals surface area contributed by atoms with Gasteiger partial charge in [0.25, 0.3) is 0 Å². The van der Waals surface area contributed by atoms with Gasteiger partial charge in [-0.15, -0.1) is 0 Å². The van der Waals surface area contributed by atoms with Gasteiger partial charge in [-0.05, 0) is 32.4 Å². The van der Waals surface area contributed by atoms with Gasteiger partial charge in [0.15, 0.2) is 0 Å². The molecule has 0 amide bonds. The van der Waals surface area contributed by atoms with Crippen molar-refractivity contribution in [2.75, 3.05) is 13.2 Å².